The first-order valence-corrected chi connectivity index (χ1v) is 17.9. The lowest BCUT2D eigenvalue weighted by Crippen LogP contribution is -2.62. The van der Waals surface area contributed by atoms with Crippen LogP contribution in [0.15, 0.2) is 18.2 Å². The van der Waals surface area contributed by atoms with Gasteiger partial charge in [-0.3, -0.25) is 24.0 Å². The van der Waals surface area contributed by atoms with Crippen LogP contribution in [0.4, 0.5) is 11.4 Å². The molecule has 0 radical (unpaired) electrons. The summed E-state index contributed by atoms with van der Waals surface area (Å²) >= 11 is 0. The van der Waals surface area contributed by atoms with Crippen LogP contribution in [0.2, 0.25) is 0 Å². The van der Waals surface area contributed by atoms with E-state index in [1.54, 1.807) is 13.0 Å². The number of aliphatic hydroxyl groups excluding tert-OH is 2. The summed E-state index contributed by atoms with van der Waals surface area (Å²) < 4.78 is 26.4. The van der Waals surface area contributed by atoms with Crippen LogP contribution in [0, 0.1) is 17.0 Å². The first kappa shape index (κ1) is 41.3. The second kappa shape index (κ2) is 22.7. The summed E-state index contributed by atoms with van der Waals surface area (Å²) in [6.45, 7) is 3.12. The molecule has 0 aromatic heterocycles. The van der Waals surface area contributed by atoms with Gasteiger partial charge in [-0.25, -0.2) is 8.42 Å². The fraction of sp³-hybridized carbons (Fsp3) is 0.758. The molecule has 0 fully saturated rings. The van der Waals surface area contributed by atoms with Gasteiger partial charge in [0.05, 0.1) is 17.1 Å². The van der Waals surface area contributed by atoms with Gasteiger partial charge in [-0.2, -0.15) is 0 Å². The first-order chi connectivity index (χ1) is 21.8. The molecule has 264 valence electrons. The normalized spacial score (nSPS) is 14.1. The summed E-state index contributed by atoms with van der Waals surface area (Å²) in [4.78, 5) is 32.5. The number of hydrogen-bond acceptors (Lipinski definition) is 8. The quantitative estimate of drug-likeness (QED) is 0.0277. The lowest BCUT2D eigenvalue weighted by molar-refractivity contribution is -0.384. The summed E-state index contributed by atoms with van der Waals surface area (Å²) in [6.07, 6.45) is 11.5. The zero-order valence-electron chi connectivity index (χ0n) is 27.6. The van der Waals surface area contributed by atoms with Crippen LogP contribution in [0.3, 0.4) is 0 Å². The van der Waals surface area contributed by atoms with Crippen LogP contribution in [0.5, 0.6) is 0 Å². The number of thiol groups is 1. The van der Waals surface area contributed by atoms with Crippen LogP contribution in [-0.2, 0) is 20.5 Å². The average Bonchev–Trinajstić information content (AvgIpc) is 2.98. The van der Waals surface area contributed by atoms with Crippen molar-refractivity contribution in [1.29, 1.82) is 0 Å². The van der Waals surface area contributed by atoms with E-state index in [-0.39, 0.29) is 31.4 Å². The molecule has 1 rings (SSSR count). The Morgan fingerprint density at radius 2 is 1.13 bits per heavy atom. The number of benzene rings is 1. The number of nitro groups is 1. The van der Waals surface area contributed by atoms with Gasteiger partial charge in [0.15, 0.2) is 0 Å². The Kier molecular flexibility index (Phi) is 20.4. The van der Waals surface area contributed by atoms with Gasteiger partial charge in [0.2, 0.25) is 10.9 Å². The molecule has 13 heteroatoms. The molecule has 46 heavy (non-hydrogen) atoms. The molecular formula is C33H56N2O10S. The van der Waals surface area contributed by atoms with Crippen molar-refractivity contribution in [2.45, 2.75) is 160 Å². The molecule has 0 saturated carbocycles. The number of carboxylic acids is 2. The van der Waals surface area contributed by atoms with Crippen molar-refractivity contribution < 1.29 is 43.4 Å². The third-order valence-corrected chi connectivity index (χ3v) is 9.73. The smallest absolute Gasteiger partial charge is 0.303 e. The highest BCUT2D eigenvalue weighted by molar-refractivity contribution is 7.74. The van der Waals surface area contributed by atoms with Crippen molar-refractivity contribution in [1.82, 2.24) is 0 Å². The number of aryl methyl sites for hydroxylation is 1. The number of aliphatic carboxylic acids is 2. The molecule has 0 aliphatic rings. The number of nitro benzene ring substituents is 1. The zero-order valence-corrected chi connectivity index (χ0v) is 28.5. The summed E-state index contributed by atoms with van der Waals surface area (Å²) in [6, 6.07) is 4.20. The molecule has 0 bridgehead atoms. The molecule has 1 aromatic rings. The highest BCUT2D eigenvalue weighted by Crippen LogP contribution is 2.39. The Hall–Kier alpha value is -2.77. The maximum Gasteiger partial charge on any atom is 0.303 e. The van der Waals surface area contributed by atoms with E-state index < -0.39 is 51.2 Å². The Morgan fingerprint density at radius 3 is 1.48 bits per heavy atom. The van der Waals surface area contributed by atoms with E-state index in [0.717, 1.165) is 81.4 Å². The average molecular weight is 673 g/mol. The minimum atomic E-state index is -3.48. The Morgan fingerprint density at radius 1 is 0.761 bits per heavy atom. The van der Waals surface area contributed by atoms with E-state index in [9.17, 15) is 38.3 Å². The molecular weight excluding hydrogens is 616 g/mol. The first-order valence-electron chi connectivity index (χ1n) is 16.8. The molecule has 0 aliphatic carbocycles. The highest BCUT2D eigenvalue weighted by Gasteiger charge is 2.48. The third-order valence-electron chi connectivity index (χ3n) is 8.76. The number of carbonyl (C=O) groups is 2. The number of hydrogen-bond donors (Lipinski definition) is 5. The number of unbranched alkanes of at least 4 members (excludes halogenated alkanes) is 14. The predicted octanol–water partition coefficient (Wildman–Crippen LogP) is 6.69. The van der Waals surface area contributed by atoms with E-state index >= 15 is 0 Å². The van der Waals surface area contributed by atoms with Gasteiger partial charge in [0, 0.05) is 18.9 Å². The highest BCUT2D eigenvalue weighted by atomic mass is 32.2. The van der Waals surface area contributed by atoms with Gasteiger partial charge < -0.3 is 20.4 Å². The largest absolute Gasteiger partial charge is 0.481 e. The van der Waals surface area contributed by atoms with Crippen LogP contribution in [-0.4, -0.2) is 63.5 Å². The fourth-order valence-corrected chi connectivity index (χ4v) is 6.88. The summed E-state index contributed by atoms with van der Waals surface area (Å²) in [7, 11) is -3.48. The molecule has 1 aromatic carbocycles. The molecule has 2 atom stereocenters. The van der Waals surface area contributed by atoms with Crippen molar-refractivity contribution in [3.63, 3.8) is 0 Å². The van der Waals surface area contributed by atoms with Gasteiger partial charge in [0.25, 0.3) is 5.69 Å². The van der Waals surface area contributed by atoms with Crippen molar-refractivity contribution in [2.24, 2.45) is 0 Å². The van der Waals surface area contributed by atoms with Crippen molar-refractivity contribution in [2.75, 3.05) is 4.31 Å². The van der Waals surface area contributed by atoms with Gasteiger partial charge in [-0.15, -0.1) is 0 Å². The topological polar surface area (TPSA) is 196 Å². The van der Waals surface area contributed by atoms with Crippen molar-refractivity contribution >= 4 is 34.2 Å². The van der Waals surface area contributed by atoms with Crippen molar-refractivity contribution in [3.8, 4) is 0 Å². The monoisotopic (exact) mass is 672 g/mol. The standard InChI is InChI=1S/C33H56N2O10S/c1-26-23-24-27(28(25-26)35(42)43)34(46(44)45)33(2,29(36)19-15-11-7-3-5-9-13-17-21-31(38)39)30(37)20-16-12-8-4-6-10-14-18-22-32(40)41/h23-25,29-30,36-37,46H,3-22H2,1-2H3,(H,38,39)(H,40,41). The lowest BCUT2D eigenvalue weighted by Gasteiger charge is -2.45. The minimum Gasteiger partial charge on any atom is -0.481 e. The molecule has 0 spiro atoms. The molecule has 0 amide bonds. The number of nitrogens with zero attached hydrogens (tertiary/aromatic N) is 2. The van der Waals surface area contributed by atoms with Gasteiger partial charge in [0.1, 0.15) is 11.2 Å². The van der Waals surface area contributed by atoms with Crippen LogP contribution < -0.4 is 4.31 Å². The molecule has 0 heterocycles. The third kappa shape index (κ3) is 15.2. The summed E-state index contributed by atoms with van der Waals surface area (Å²) in [5.41, 5.74) is -1.79. The second-order valence-corrected chi connectivity index (χ2v) is 13.5. The summed E-state index contributed by atoms with van der Waals surface area (Å²) in [5.74, 6) is -1.57. The molecule has 0 aliphatic heterocycles. The number of aliphatic hydroxyl groups is 2. The van der Waals surface area contributed by atoms with Gasteiger partial charge >= 0.3 is 11.9 Å². The Labute approximate surface area is 275 Å². The van der Waals surface area contributed by atoms with E-state index in [1.807, 2.05) is 0 Å². The van der Waals surface area contributed by atoms with E-state index in [4.69, 9.17) is 10.2 Å². The molecule has 2 unspecified atom stereocenters. The van der Waals surface area contributed by atoms with Crippen molar-refractivity contribution in [3.05, 3.63) is 33.9 Å². The number of anilines is 1. The summed E-state index contributed by atoms with van der Waals surface area (Å²) in [5, 5.41) is 52.4. The van der Waals surface area contributed by atoms with Gasteiger partial charge in [-0.05, 0) is 51.2 Å². The van der Waals surface area contributed by atoms with Gasteiger partial charge in [-0.1, -0.05) is 96.0 Å². The number of carboxylic acid groups (broad SMARTS) is 2. The fourth-order valence-electron chi connectivity index (χ4n) is 5.92. The number of rotatable bonds is 28. The maximum absolute atomic E-state index is 12.8. The predicted molar refractivity (Wildman–Crippen MR) is 179 cm³/mol. The van der Waals surface area contributed by atoms with Crippen LogP contribution in [0.1, 0.15) is 141 Å². The molecule has 0 saturated heterocycles. The SMILES string of the molecule is Cc1ccc(N([SH](=O)=O)C(C)(C(O)CCCCCCCCCCC(=O)O)C(O)CCCCCCCCCCC(=O)O)c([N+](=O)[O-])c1. The second-order valence-electron chi connectivity index (χ2n) is 12.6. The van der Waals surface area contributed by atoms with E-state index in [1.165, 1.54) is 19.1 Å². The van der Waals surface area contributed by atoms with E-state index in [0.29, 0.717) is 31.2 Å². The van der Waals surface area contributed by atoms with Crippen LogP contribution >= 0.6 is 0 Å². The van der Waals surface area contributed by atoms with Crippen LogP contribution in [0.25, 0.3) is 0 Å². The minimum absolute atomic E-state index is 0.178. The maximum atomic E-state index is 12.8. The van der Waals surface area contributed by atoms with E-state index in [2.05, 4.69) is 0 Å². The Balaban J connectivity index is 2.89. The lowest BCUT2D eigenvalue weighted by atomic mass is 9.82. The Bertz CT molecular complexity index is 1100. The zero-order chi connectivity index (χ0) is 34.5. The molecule has 12 nitrogen and oxygen atoms in total. The molecule has 4 N–H and O–H groups in total.